The van der Waals surface area contributed by atoms with Crippen LogP contribution in [0.4, 0.5) is 0 Å². The Balaban J connectivity index is 1.67. The molecule has 1 aliphatic rings. The molecular weight excluding hydrogens is 240 g/mol. The van der Waals surface area contributed by atoms with Crippen molar-refractivity contribution in [2.45, 2.75) is 13.5 Å². The van der Waals surface area contributed by atoms with Gasteiger partial charge in [0.25, 0.3) is 0 Å². The second-order valence-electron chi connectivity index (χ2n) is 4.73. The molecule has 0 saturated carbocycles. The van der Waals surface area contributed by atoms with Gasteiger partial charge in [0, 0.05) is 26.2 Å². The third-order valence-corrected chi connectivity index (χ3v) is 3.28. The lowest BCUT2D eigenvalue weighted by Crippen LogP contribution is -2.38. The summed E-state index contributed by atoms with van der Waals surface area (Å²) in [6.07, 6.45) is 0. The highest BCUT2D eigenvalue weighted by atomic mass is 16.5. The molecule has 0 bridgehead atoms. The fourth-order valence-electron chi connectivity index (χ4n) is 2.09. The van der Waals surface area contributed by atoms with Crippen molar-refractivity contribution < 1.29 is 9.47 Å². The zero-order valence-corrected chi connectivity index (χ0v) is 11.7. The van der Waals surface area contributed by atoms with Gasteiger partial charge in [0.05, 0.1) is 13.2 Å². The minimum atomic E-state index is 0.743. The first-order valence-electron chi connectivity index (χ1n) is 7.11. The number of morpholine rings is 1. The van der Waals surface area contributed by atoms with E-state index in [9.17, 15) is 0 Å². The molecule has 1 aromatic rings. The molecular formula is C15H24N2O2. The lowest BCUT2D eigenvalue weighted by molar-refractivity contribution is 0.0322. The second-order valence-corrected chi connectivity index (χ2v) is 4.73. The number of hydrogen-bond acceptors (Lipinski definition) is 4. The summed E-state index contributed by atoms with van der Waals surface area (Å²) in [5.74, 6) is 0.952. The largest absolute Gasteiger partial charge is 0.492 e. The van der Waals surface area contributed by atoms with Crippen molar-refractivity contribution in [3.05, 3.63) is 29.8 Å². The van der Waals surface area contributed by atoms with Gasteiger partial charge in [0.15, 0.2) is 0 Å². The molecule has 0 spiro atoms. The summed E-state index contributed by atoms with van der Waals surface area (Å²) in [4.78, 5) is 2.38. The molecule has 0 amide bonds. The Morgan fingerprint density at radius 2 is 1.95 bits per heavy atom. The molecule has 1 saturated heterocycles. The smallest absolute Gasteiger partial charge is 0.119 e. The lowest BCUT2D eigenvalue weighted by atomic mass is 10.2. The van der Waals surface area contributed by atoms with E-state index in [0.717, 1.165) is 58.3 Å². The highest BCUT2D eigenvalue weighted by Crippen LogP contribution is 2.12. The van der Waals surface area contributed by atoms with E-state index in [4.69, 9.17) is 9.47 Å². The van der Waals surface area contributed by atoms with Gasteiger partial charge < -0.3 is 14.8 Å². The summed E-state index contributed by atoms with van der Waals surface area (Å²) in [6.45, 7) is 9.48. The molecule has 1 aromatic carbocycles. The van der Waals surface area contributed by atoms with Crippen LogP contribution in [0.1, 0.15) is 12.5 Å². The van der Waals surface area contributed by atoms with Crippen molar-refractivity contribution in [2.75, 3.05) is 46.0 Å². The maximum Gasteiger partial charge on any atom is 0.119 e. The van der Waals surface area contributed by atoms with Gasteiger partial charge in [-0.3, -0.25) is 4.90 Å². The number of benzene rings is 1. The van der Waals surface area contributed by atoms with Gasteiger partial charge in [0.1, 0.15) is 12.4 Å². The topological polar surface area (TPSA) is 33.7 Å². The SMILES string of the molecule is CCNCc1ccc(OCCN2CCOCC2)cc1. The van der Waals surface area contributed by atoms with Crippen LogP contribution < -0.4 is 10.1 Å². The molecule has 0 radical (unpaired) electrons. The normalized spacial score (nSPS) is 16.5. The van der Waals surface area contributed by atoms with E-state index in [1.807, 2.05) is 12.1 Å². The fourth-order valence-corrected chi connectivity index (χ4v) is 2.09. The monoisotopic (exact) mass is 264 g/mol. The molecule has 4 heteroatoms. The number of hydrogen-bond donors (Lipinski definition) is 1. The first-order valence-corrected chi connectivity index (χ1v) is 7.11. The summed E-state index contributed by atoms with van der Waals surface area (Å²) in [5.41, 5.74) is 1.29. The van der Waals surface area contributed by atoms with E-state index in [1.165, 1.54) is 5.56 Å². The van der Waals surface area contributed by atoms with E-state index in [1.54, 1.807) is 0 Å². The summed E-state index contributed by atoms with van der Waals surface area (Å²) < 4.78 is 11.1. The summed E-state index contributed by atoms with van der Waals surface area (Å²) in [6, 6.07) is 8.33. The van der Waals surface area contributed by atoms with E-state index in [2.05, 4.69) is 29.3 Å². The van der Waals surface area contributed by atoms with Crippen LogP contribution in [-0.4, -0.2) is 50.9 Å². The third-order valence-electron chi connectivity index (χ3n) is 3.28. The zero-order chi connectivity index (χ0) is 13.3. The third kappa shape index (κ3) is 5.19. The summed E-state index contributed by atoms with van der Waals surface area (Å²) in [7, 11) is 0. The highest BCUT2D eigenvalue weighted by molar-refractivity contribution is 5.27. The average Bonchev–Trinajstić information content (AvgIpc) is 2.47. The Morgan fingerprint density at radius 3 is 2.63 bits per heavy atom. The van der Waals surface area contributed by atoms with Gasteiger partial charge in [-0.05, 0) is 24.2 Å². The molecule has 4 nitrogen and oxygen atoms in total. The molecule has 1 N–H and O–H groups in total. The first kappa shape index (κ1) is 14.3. The minimum absolute atomic E-state index is 0.743. The van der Waals surface area contributed by atoms with Crippen molar-refractivity contribution in [3.63, 3.8) is 0 Å². The van der Waals surface area contributed by atoms with Crippen molar-refractivity contribution in [3.8, 4) is 5.75 Å². The van der Waals surface area contributed by atoms with Crippen molar-refractivity contribution in [1.29, 1.82) is 0 Å². The van der Waals surface area contributed by atoms with Gasteiger partial charge in [-0.1, -0.05) is 19.1 Å². The minimum Gasteiger partial charge on any atom is -0.492 e. The molecule has 0 aromatic heterocycles. The van der Waals surface area contributed by atoms with Crippen LogP contribution in [0.25, 0.3) is 0 Å². The maximum absolute atomic E-state index is 5.77. The van der Waals surface area contributed by atoms with Crippen LogP contribution >= 0.6 is 0 Å². The lowest BCUT2D eigenvalue weighted by Gasteiger charge is -2.26. The Bertz CT molecular complexity index is 348. The first-order chi connectivity index (χ1) is 9.38. The maximum atomic E-state index is 5.77. The molecule has 1 heterocycles. The van der Waals surface area contributed by atoms with Crippen molar-refractivity contribution in [1.82, 2.24) is 10.2 Å². The van der Waals surface area contributed by atoms with E-state index < -0.39 is 0 Å². The molecule has 1 fully saturated rings. The molecule has 0 unspecified atom stereocenters. The van der Waals surface area contributed by atoms with Gasteiger partial charge in [0.2, 0.25) is 0 Å². The van der Waals surface area contributed by atoms with Gasteiger partial charge in [-0.15, -0.1) is 0 Å². The number of rotatable bonds is 7. The fraction of sp³-hybridized carbons (Fsp3) is 0.600. The second kappa shape index (κ2) is 8.15. The standard InChI is InChI=1S/C15H24N2O2/c1-2-16-13-14-3-5-15(6-4-14)19-12-9-17-7-10-18-11-8-17/h3-6,16H,2,7-13H2,1H3. The summed E-state index contributed by atoms with van der Waals surface area (Å²) in [5, 5.41) is 3.31. The summed E-state index contributed by atoms with van der Waals surface area (Å²) >= 11 is 0. The number of nitrogens with one attached hydrogen (secondary N) is 1. The van der Waals surface area contributed by atoms with Crippen LogP contribution in [-0.2, 0) is 11.3 Å². The van der Waals surface area contributed by atoms with Crippen LogP contribution in [0, 0.1) is 0 Å². The molecule has 0 atom stereocenters. The Labute approximate surface area is 115 Å². The van der Waals surface area contributed by atoms with Crippen LogP contribution in [0.3, 0.4) is 0 Å². The van der Waals surface area contributed by atoms with Crippen LogP contribution in [0.5, 0.6) is 5.75 Å². The van der Waals surface area contributed by atoms with Crippen molar-refractivity contribution >= 4 is 0 Å². The Kier molecular flexibility index (Phi) is 6.14. The molecule has 1 aliphatic heterocycles. The molecule has 0 aliphatic carbocycles. The zero-order valence-electron chi connectivity index (χ0n) is 11.7. The molecule has 106 valence electrons. The molecule has 19 heavy (non-hydrogen) atoms. The van der Waals surface area contributed by atoms with Crippen LogP contribution in [0.2, 0.25) is 0 Å². The van der Waals surface area contributed by atoms with E-state index in [0.29, 0.717) is 0 Å². The van der Waals surface area contributed by atoms with Gasteiger partial charge in [-0.2, -0.15) is 0 Å². The van der Waals surface area contributed by atoms with Crippen LogP contribution in [0.15, 0.2) is 24.3 Å². The predicted octanol–water partition coefficient (Wildman–Crippen LogP) is 1.51. The van der Waals surface area contributed by atoms with E-state index in [-0.39, 0.29) is 0 Å². The number of ether oxygens (including phenoxy) is 2. The average molecular weight is 264 g/mol. The van der Waals surface area contributed by atoms with E-state index >= 15 is 0 Å². The highest BCUT2D eigenvalue weighted by Gasteiger charge is 2.09. The predicted molar refractivity (Wildman–Crippen MR) is 76.6 cm³/mol. The Hall–Kier alpha value is -1.10. The van der Waals surface area contributed by atoms with Gasteiger partial charge in [-0.25, -0.2) is 0 Å². The van der Waals surface area contributed by atoms with Crippen molar-refractivity contribution in [2.24, 2.45) is 0 Å². The molecule has 2 rings (SSSR count). The number of nitrogens with zero attached hydrogens (tertiary/aromatic N) is 1. The van der Waals surface area contributed by atoms with Gasteiger partial charge >= 0.3 is 0 Å². The quantitative estimate of drug-likeness (QED) is 0.809. The Morgan fingerprint density at radius 1 is 1.21 bits per heavy atom.